The van der Waals surface area contributed by atoms with Crippen molar-refractivity contribution in [3.63, 3.8) is 0 Å². The second kappa shape index (κ2) is 33.0. The Morgan fingerprint density at radius 2 is 0.800 bits per heavy atom. The first kappa shape index (κ1) is 44.0. The molecule has 0 bridgehead atoms. The van der Waals surface area contributed by atoms with Crippen LogP contribution in [0.5, 0.6) is 0 Å². The predicted molar refractivity (Wildman–Crippen MR) is 184 cm³/mol. The molecule has 0 aromatic rings. The van der Waals surface area contributed by atoms with Crippen LogP contribution in [0, 0.1) is 0 Å². The predicted octanol–water partition coefficient (Wildman–Crippen LogP) is 10.9. The fourth-order valence-electron chi connectivity index (χ4n) is 5.55. The van der Waals surface area contributed by atoms with E-state index in [2.05, 4.69) is 11.4 Å². The average molecular weight is 663 g/mol. The highest BCUT2D eigenvalue weighted by molar-refractivity contribution is 7.46. The largest absolute Gasteiger partial charge is 0.469 e. The summed E-state index contributed by atoms with van der Waals surface area (Å²) < 4.78 is 25.9. The van der Waals surface area contributed by atoms with Gasteiger partial charge in [0.15, 0.2) is 6.10 Å². The van der Waals surface area contributed by atoms with Crippen LogP contribution in [0.4, 0.5) is 0 Å². The number of rotatable bonds is 35. The summed E-state index contributed by atoms with van der Waals surface area (Å²) in [6.07, 6.45) is 33.6. The van der Waals surface area contributed by atoms with Crippen molar-refractivity contribution in [1.82, 2.24) is 0 Å². The molecule has 9 heteroatoms. The second-order valence-electron chi connectivity index (χ2n) is 12.9. The number of carbonyl (C=O) groups excluding carboxylic acids is 2. The van der Waals surface area contributed by atoms with Gasteiger partial charge in [-0.3, -0.25) is 14.1 Å². The van der Waals surface area contributed by atoms with Crippen molar-refractivity contribution in [3.8, 4) is 0 Å². The lowest BCUT2D eigenvalue weighted by molar-refractivity contribution is -0.161. The molecule has 1 atom stereocenters. The minimum atomic E-state index is -4.73. The number of unbranched alkanes of at least 4 members (excludes halogenated alkanes) is 25. The van der Waals surface area contributed by atoms with Gasteiger partial charge in [-0.25, -0.2) is 4.57 Å². The molecule has 45 heavy (non-hydrogen) atoms. The average Bonchev–Trinajstić information content (AvgIpc) is 3.00. The van der Waals surface area contributed by atoms with Crippen LogP contribution in [0.3, 0.4) is 0 Å². The fraction of sp³-hybridized carbons (Fsp3) is 0.944. The summed E-state index contributed by atoms with van der Waals surface area (Å²) in [4.78, 5) is 42.0. The first-order chi connectivity index (χ1) is 21.8. The Morgan fingerprint density at radius 3 is 1.18 bits per heavy atom. The van der Waals surface area contributed by atoms with Gasteiger partial charge < -0.3 is 19.3 Å². The molecule has 8 nitrogen and oxygen atoms in total. The molecular weight excluding hydrogens is 591 g/mol. The Morgan fingerprint density at radius 1 is 0.489 bits per heavy atom. The highest BCUT2D eigenvalue weighted by Gasteiger charge is 2.22. The molecule has 0 fully saturated rings. The number of hydrogen-bond donors (Lipinski definition) is 2. The van der Waals surface area contributed by atoms with E-state index in [0.29, 0.717) is 12.8 Å². The van der Waals surface area contributed by atoms with E-state index in [1.165, 1.54) is 135 Å². The summed E-state index contributed by atoms with van der Waals surface area (Å²) >= 11 is 0. The third-order valence-electron chi connectivity index (χ3n) is 8.38. The van der Waals surface area contributed by atoms with E-state index in [-0.39, 0.29) is 19.4 Å². The number of phosphoric ester groups is 1. The van der Waals surface area contributed by atoms with Gasteiger partial charge in [0.1, 0.15) is 6.61 Å². The molecule has 268 valence electrons. The smallest absolute Gasteiger partial charge is 0.462 e. The summed E-state index contributed by atoms with van der Waals surface area (Å²) in [5.74, 6) is -0.902. The number of carbonyl (C=O) groups is 2. The van der Waals surface area contributed by atoms with Gasteiger partial charge in [0.25, 0.3) is 0 Å². The Bertz CT molecular complexity index is 711. The van der Waals surface area contributed by atoms with Crippen molar-refractivity contribution >= 4 is 19.8 Å². The summed E-state index contributed by atoms with van der Waals surface area (Å²) in [6.45, 7) is 3.50. The van der Waals surface area contributed by atoms with Crippen LogP contribution in [0.25, 0.3) is 0 Å². The van der Waals surface area contributed by atoms with Gasteiger partial charge in [0.05, 0.1) is 6.61 Å². The Balaban J connectivity index is 3.61. The molecule has 0 aromatic carbocycles. The molecule has 0 spiro atoms. The van der Waals surface area contributed by atoms with Gasteiger partial charge in [-0.15, -0.1) is 0 Å². The van der Waals surface area contributed by atoms with Gasteiger partial charge in [0.2, 0.25) is 0 Å². The van der Waals surface area contributed by atoms with Crippen LogP contribution < -0.4 is 0 Å². The Hall–Kier alpha value is -0.950. The highest BCUT2D eigenvalue weighted by atomic mass is 31.2. The van der Waals surface area contributed by atoms with Gasteiger partial charge in [0, 0.05) is 12.8 Å². The van der Waals surface area contributed by atoms with Crippen LogP contribution in [0.2, 0.25) is 0 Å². The number of esters is 2. The van der Waals surface area contributed by atoms with Gasteiger partial charge >= 0.3 is 19.8 Å². The maximum atomic E-state index is 12.2. The third kappa shape index (κ3) is 35.7. The Labute approximate surface area is 276 Å². The van der Waals surface area contributed by atoms with Crippen LogP contribution in [0.1, 0.15) is 200 Å². The zero-order valence-electron chi connectivity index (χ0n) is 29.3. The summed E-state index contributed by atoms with van der Waals surface area (Å²) in [7, 11) is -4.73. The molecule has 0 aliphatic carbocycles. The van der Waals surface area contributed by atoms with E-state index in [0.717, 1.165) is 25.7 Å². The molecule has 0 aliphatic rings. The zero-order valence-corrected chi connectivity index (χ0v) is 30.2. The molecule has 0 saturated heterocycles. The molecule has 0 heterocycles. The van der Waals surface area contributed by atoms with E-state index in [9.17, 15) is 14.2 Å². The first-order valence-electron chi connectivity index (χ1n) is 18.8. The Kier molecular flexibility index (Phi) is 32.3. The fourth-order valence-corrected chi connectivity index (χ4v) is 5.91. The number of hydrogen-bond acceptors (Lipinski definition) is 6. The molecule has 0 rings (SSSR count). The summed E-state index contributed by atoms with van der Waals surface area (Å²) in [5, 5.41) is 0. The van der Waals surface area contributed by atoms with E-state index >= 15 is 0 Å². The first-order valence-corrected chi connectivity index (χ1v) is 20.4. The van der Waals surface area contributed by atoms with E-state index in [1.54, 1.807) is 0 Å². The molecule has 0 aliphatic heterocycles. The van der Waals surface area contributed by atoms with Crippen LogP contribution in [0.15, 0.2) is 0 Å². The van der Waals surface area contributed by atoms with Crippen molar-refractivity contribution in [2.45, 2.75) is 206 Å². The van der Waals surface area contributed by atoms with E-state index in [1.807, 2.05) is 6.92 Å². The highest BCUT2D eigenvalue weighted by Crippen LogP contribution is 2.36. The lowest BCUT2D eigenvalue weighted by Crippen LogP contribution is -2.29. The van der Waals surface area contributed by atoms with Crippen molar-refractivity contribution in [2.75, 3.05) is 13.2 Å². The molecule has 0 amide bonds. The number of phosphoric acid groups is 1. The molecule has 0 aromatic heterocycles. The lowest BCUT2D eigenvalue weighted by atomic mass is 10.0. The van der Waals surface area contributed by atoms with Gasteiger partial charge in [-0.1, -0.05) is 174 Å². The monoisotopic (exact) mass is 662 g/mol. The van der Waals surface area contributed by atoms with Crippen LogP contribution in [-0.4, -0.2) is 41.0 Å². The minimum Gasteiger partial charge on any atom is -0.462 e. The van der Waals surface area contributed by atoms with E-state index in [4.69, 9.17) is 19.3 Å². The maximum Gasteiger partial charge on any atom is 0.469 e. The molecule has 1 unspecified atom stereocenters. The van der Waals surface area contributed by atoms with Crippen molar-refractivity contribution in [1.29, 1.82) is 0 Å². The summed E-state index contributed by atoms with van der Waals surface area (Å²) in [6, 6.07) is 0. The normalized spacial score (nSPS) is 12.4. The molecule has 0 radical (unpaired) electrons. The van der Waals surface area contributed by atoms with Crippen molar-refractivity contribution in [3.05, 3.63) is 0 Å². The van der Waals surface area contributed by atoms with Crippen LogP contribution >= 0.6 is 7.82 Å². The van der Waals surface area contributed by atoms with Gasteiger partial charge in [-0.2, -0.15) is 0 Å². The zero-order chi connectivity index (χ0) is 33.3. The summed E-state index contributed by atoms with van der Waals surface area (Å²) in [5.41, 5.74) is 0. The second-order valence-corrected chi connectivity index (χ2v) is 14.2. The maximum absolute atomic E-state index is 12.2. The topological polar surface area (TPSA) is 119 Å². The quantitative estimate of drug-likeness (QED) is 0.0391. The third-order valence-corrected chi connectivity index (χ3v) is 8.86. The molecular formula is C36H71O8P. The lowest BCUT2D eigenvalue weighted by Gasteiger charge is -2.18. The van der Waals surface area contributed by atoms with Gasteiger partial charge in [-0.05, 0) is 12.8 Å². The number of ether oxygens (including phenoxy) is 2. The molecule has 0 saturated carbocycles. The van der Waals surface area contributed by atoms with Crippen molar-refractivity contribution in [2.24, 2.45) is 0 Å². The van der Waals surface area contributed by atoms with Crippen molar-refractivity contribution < 1.29 is 37.9 Å². The standard InChI is InChI=1S/C36H71O8P/c1-3-5-7-8-9-10-11-12-13-14-15-16-17-18-19-20-21-22-23-24-25-26-27-29-31-36(38)44-34(33-43-45(39,40)41)32-42-35(37)30-28-6-4-2/h34H,3-33H2,1-2H3,(H2,39,40,41). The SMILES string of the molecule is CCCCCCCCCCCCCCCCCCCCCCCCCCC(=O)OC(COC(=O)CCCCC)COP(=O)(O)O. The van der Waals surface area contributed by atoms with E-state index < -0.39 is 32.5 Å². The minimum absolute atomic E-state index is 0.218. The molecule has 2 N–H and O–H groups in total. The van der Waals surface area contributed by atoms with Crippen LogP contribution in [-0.2, 0) is 28.2 Å².